The van der Waals surface area contributed by atoms with Crippen LogP contribution in [0.5, 0.6) is 0 Å². The fraction of sp³-hybridized carbons (Fsp3) is 0.714. The monoisotopic (exact) mass is 252 g/mol. The van der Waals surface area contributed by atoms with E-state index in [4.69, 9.17) is 0 Å². The van der Waals surface area contributed by atoms with Crippen LogP contribution in [0.2, 0.25) is 0 Å². The fourth-order valence-electron chi connectivity index (χ4n) is 2.49. The lowest BCUT2D eigenvalue weighted by Crippen LogP contribution is -2.28. The smallest absolute Gasteiger partial charge is 0.00579 e. The molecule has 0 saturated carbocycles. The molecule has 96 valence electrons. The molecule has 1 aliphatic rings. The van der Waals surface area contributed by atoms with E-state index < -0.39 is 0 Å². The number of nitrogens with zero attached hydrogens (tertiary/aromatic N) is 1. The first-order valence-corrected chi connectivity index (χ1v) is 7.72. The molecule has 0 bridgehead atoms. The normalized spacial score (nSPS) is 21.1. The molecule has 0 aliphatic carbocycles. The Kier molecular flexibility index (Phi) is 5.49. The van der Waals surface area contributed by atoms with Crippen molar-refractivity contribution in [3.8, 4) is 0 Å². The minimum absolute atomic E-state index is 0.880. The van der Waals surface area contributed by atoms with Crippen LogP contribution >= 0.6 is 11.3 Å². The molecule has 1 unspecified atom stereocenters. The molecular weight excluding hydrogens is 228 g/mol. The average molecular weight is 252 g/mol. The van der Waals surface area contributed by atoms with E-state index in [0.717, 1.165) is 5.92 Å². The van der Waals surface area contributed by atoms with E-state index in [1.165, 1.54) is 56.9 Å². The molecule has 1 aliphatic heterocycles. The van der Waals surface area contributed by atoms with Gasteiger partial charge in [0.15, 0.2) is 0 Å². The molecule has 2 nitrogen and oxygen atoms in total. The molecule has 1 aromatic heterocycles. The zero-order valence-electron chi connectivity index (χ0n) is 10.8. The van der Waals surface area contributed by atoms with Crippen LogP contribution in [0, 0.1) is 5.92 Å². The Hall–Kier alpha value is -0.380. The highest BCUT2D eigenvalue weighted by Crippen LogP contribution is 2.17. The maximum absolute atomic E-state index is 3.54. The van der Waals surface area contributed by atoms with E-state index in [2.05, 4.69) is 34.7 Å². The Balaban J connectivity index is 1.61. The van der Waals surface area contributed by atoms with Crippen LogP contribution in [0.3, 0.4) is 0 Å². The van der Waals surface area contributed by atoms with Crippen LogP contribution in [-0.4, -0.2) is 37.6 Å². The molecule has 0 radical (unpaired) electrons. The summed E-state index contributed by atoms with van der Waals surface area (Å²) in [5.41, 5.74) is 0. The number of likely N-dealkylation sites (tertiary alicyclic amines) is 1. The first-order valence-electron chi connectivity index (χ1n) is 6.84. The number of rotatable bonds is 7. The van der Waals surface area contributed by atoms with E-state index in [0.29, 0.717) is 0 Å². The SMILES string of the molecule is CCCNCC1CCN(CCc2cccs2)C1. The maximum atomic E-state index is 3.54. The summed E-state index contributed by atoms with van der Waals surface area (Å²) in [5, 5.41) is 5.72. The van der Waals surface area contributed by atoms with E-state index in [1.807, 2.05) is 11.3 Å². The second-order valence-corrected chi connectivity index (χ2v) is 6.02. The average Bonchev–Trinajstić information content (AvgIpc) is 2.98. The van der Waals surface area contributed by atoms with Gasteiger partial charge in [0.2, 0.25) is 0 Å². The Bertz CT molecular complexity index is 297. The Morgan fingerprint density at radius 3 is 3.24 bits per heavy atom. The molecule has 1 N–H and O–H groups in total. The lowest BCUT2D eigenvalue weighted by molar-refractivity contribution is 0.326. The van der Waals surface area contributed by atoms with Crippen molar-refractivity contribution in [3.05, 3.63) is 22.4 Å². The first kappa shape index (κ1) is 13.1. The van der Waals surface area contributed by atoms with Gasteiger partial charge in [0.05, 0.1) is 0 Å². The lowest BCUT2D eigenvalue weighted by atomic mass is 10.1. The number of thiophene rings is 1. The minimum atomic E-state index is 0.880. The maximum Gasteiger partial charge on any atom is 0.00579 e. The predicted molar refractivity (Wildman–Crippen MR) is 75.7 cm³/mol. The first-order chi connectivity index (χ1) is 8.38. The van der Waals surface area contributed by atoms with Crippen molar-refractivity contribution >= 4 is 11.3 Å². The number of hydrogen-bond donors (Lipinski definition) is 1. The third kappa shape index (κ3) is 4.41. The van der Waals surface area contributed by atoms with Gasteiger partial charge in [-0.2, -0.15) is 0 Å². The van der Waals surface area contributed by atoms with Gasteiger partial charge < -0.3 is 10.2 Å². The van der Waals surface area contributed by atoms with Crippen molar-refractivity contribution in [2.45, 2.75) is 26.2 Å². The summed E-state index contributed by atoms with van der Waals surface area (Å²) >= 11 is 1.88. The lowest BCUT2D eigenvalue weighted by Gasteiger charge is -2.15. The third-order valence-electron chi connectivity index (χ3n) is 3.48. The predicted octanol–water partition coefficient (Wildman–Crippen LogP) is 2.61. The van der Waals surface area contributed by atoms with E-state index in [1.54, 1.807) is 0 Å². The van der Waals surface area contributed by atoms with Crippen LogP contribution in [0.25, 0.3) is 0 Å². The Morgan fingerprint density at radius 1 is 1.53 bits per heavy atom. The molecule has 3 heteroatoms. The molecule has 17 heavy (non-hydrogen) atoms. The van der Waals surface area contributed by atoms with Gasteiger partial charge >= 0.3 is 0 Å². The summed E-state index contributed by atoms with van der Waals surface area (Å²) < 4.78 is 0. The van der Waals surface area contributed by atoms with Crippen LogP contribution < -0.4 is 5.32 Å². The fourth-order valence-corrected chi connectivity index (χ4v) is 3.19. The largest absolute Gasteiger partial charge is 0.316 e. The molecule has 1 saturated heterocycles. The van der Waals surface area contributed by atoms with Crippen molar-refractivity contribution in [2.24, 2.45) is 5.92 Å². The summed E-state index contributed by atoms with van der Waals surface area (Å²) in [6.07, 6.45) is 3.85. The number of nitrogens with one attached hydrogen (secondary N) is 1. The summed E-state index contributed by atoms with van der Waals surface area (Å²) in [6, 6.07) is 4.41. The third-order valence-corrected chi connectivity index (χ3v) is 4.42. The summed E-state index contributed by atoms with van der Waals surface area (Å²) in [4.78, 5) is 4.15. The van der Waals surface area contributed by atoms with E-state index >= 15 is 0 Å². The highest BCUT2D eigenvalue weighted by molar-refractivity contribution is 7.09. The summed E-state index contributed by atoms with van der Waals surface area (Å²) in [7, 11) is 0. The second-order valence-electron chi connectivity index (χ2n) is 4.99. The van der Waals surface area contributed by atoms with Crippen molar-refractivity contribution in [3.63, 3.8) is 0 Å². The second kappa shape index (κ2) is 7.14. The Labute approximate surface area is 109 Å². The van der Waals surface area contributed by atoms with Crippen LogP contribution in [0.4, 0.5) is 0 Å². The van der Waals surface area contributed by atoms with Crippen LogP contribution in [-0.2, 0) is 6.42 Å². The van der Waals surface area contributed by atoms with Crippen molar-refractivity contribution in [1.82, 2.24) is 10.2 Å². The zero-order chi connectivity index (χ0) is 11.9. The molecule has 2 heterocycles. The highest BCUT2D eigenvalue weighted by atomic mass is 32.1. The molecule has 1 atom stereocenters. The molecule has 0 aromatic carbocycles. The molecule has 2 rings (SSSR count). The molecule has 0 amide bonds. The van der Waals surface area contributed by atoms with Crippen LogP contribution in [0.1, 0.15) is 24.6 Å². The van der Waals surface area contributed by atoms with Crippen molar-refractivity contribution < 1.29 is 0 Å². The van der Waals surface area contributed by atoms with Gasteiger partial charge in [0.25, 0.3) is 0 Å². The summed E-state index contributed by atoms with van der Waals surface area (Å²) in [5.74, 6) is 0.880. The van der Waals surface area contributed by atoms with Gasteiger partial charge in [0.1, 0.15) is 0 Å². The molecule has 0 spiro atoms. The summed E-state index contributed by atoms with van der Waals surface area (Å²) in [6.45, 7) is 8.45. The standard InChI is InChI=1S/C14H24N2S/c1-2-7-15-11-13-5-8-16(12-13)9-6-14-4-3-10-17-14/h3-4,10,13,15H,2,5-9,11-12H2,1H3. The van der Waals surface area contributed by atoms with E-state index in [-0.39, 0.29) is 0 Å². The molecule has 1 fully saturated rings. The van der Waals surface area contributed by atoms with E-state index in [9.17, 15) is 0 Å². The zero-order valence-corrected chi connectivity index (χ0v) is 11.6. The van der Waals surface area contributed by atoms with Gasteiger partial charge in [-0.3, -0.25) is 0 Å². The topological polar surface area (TPSA) is 15.3 Å². The quantitative estimate of drug-likeness (QED) is 0.751. The Morgan fingerprint density at radius 2 is 2.47 bits per heavy atom. The van der Waals surface area contributed by atoms with Gasteiger partial charge in [-0.25, -0.2) is 0 Å². The van der Waals surface area contributed by atoms with Crippen molar-refractivity contribution in [2.75, 3.05) is 32.7 Å². The van der Waals surface area contributed by atoms with Gasteiger partial charge in [0, 0.05) is 18.0 Å². The number of hydrogen-bond acceptors (Lipinski definition) is 3. The minimum Gasteiger partial charge on any atom is -0.316 e. The molecular formula is C14H24N2S. The van der Waals surface area contributed by atoms with Gasteiger partial charge in [-0.05, 0) is 56.3 Å². The van der Waals surface area contributed by atoms with Crippen molar-refractivity contribution in [1.29, 1.82) is 0 Å². The van der Waals surface area contributed by atoms with Crippen LogP contribution in [0.15, 0.2) is 17.5 Å². The highest BCUT2D eigenvalue weighted by Gasteiger charge is 2.21. The van der Waals surface area contributed by atoms with Gasteiger partial charge in [-0.15, -0.1) is 11.3 Å². The van der Waals surface area contributed by atoms with Gasteiger partial charge in [-0.1, -0.05) is 13.0 Å². The molecule has 1 aromatic rings.